The molecule has 1 saturated heterocycles. The van der Waals surface area contributed by atoms with Gasteiger partial charge in [-0.05, 0) is 36.2 Å². The molecule has 3 heteroatoms. The van der Waals surface area contributed by atoms with Gasteiger partial charge in [0.2, 0.25) is 0 Å². The predicted octanol–water partition coefficient (Wildman–Crippen LogP) is 2.53. The van der Waals surface area contributed by atoms with Crippen molar-refractivity contribution in [2.75, 3.05) is 18.9 Å². The van der Waals surface area contributed by atoms with Crippen LogP contribution >= 0.6 is 0 Å². The first-order chi connectivity index (χ1) is 9.29. The Labute approximate surface area is 114 Å². The van der Waals surface area contributed by atoms with E-state index in [4.69, 9.17) is 16.2 Å². The van der Waals surface area contributed by atoms with E-state index in [0.717, 1.165) is 18.7 Å². The fraction of sp³-hybridized carbons (Fsp3) is 0.250. The minimum absolute atomic E-state index is 0.409. The molecule has 2 aromatic rings. The third kappa shape index (κ3) is 4.73. The van der Waals surface area contributed by atoms with Crippen LogP contribution in [0, 0.1) is 0 Å². The van der Waals surface area contributed by atoms with Crippen molar-refractivity contribution in [2.45, 2.75) is 12.5 Å². The second-order valence-electron chi connectivity index (χ2n) is 4.51. The van der Waals surface area contributed by atoms with Crippen LogP contribution < -0.4 is 11.5 Å². The number of rotatable bonds is 3. The molecular formula is C16H20N2O. The second-order valence-corrected chi connectivity index (χ2v) is 4.51. The quantitative estimate of drug-likeness (QED) is 0.655. The van der Waals surface area contributed by atoms with Crippen LogP contribution in [-0.4, -0.2) is 13.2 Å². The molecule has 0 bridgehead atoms. The number of benzene rings is 2. The summed E-state index contributed by atoms with van der Waals surface area (Å²) in [4.78, 5) is 0. The lowest BCUT2D eigenvalue weighted by Crippen LogP contribution is -2.02. The number of ether oxygens (including phenoxy) is 1. The first-order valence-corrected chi connectivity index (χ1v) is 6.50. The summed E-state index contributed by atoms with van der Waals surface area (Å²) in [5, 5.41) is 0. The Kier molecular flexibility index (Phi) is 4.95. The Morgan fingerprint density at radius 3 is 2.16 bits per heavy atom. The lowest BCUT2D eigenvalue weighted by atomic mass is 10.1. The third-order valence-corrected chi connectivity index (χ3v) is 2.92. The van der Waals surface area contributed by atoms with Crippen molar-refractivity contribution in [2.24, 2.45) is 5.73 Å². The SMILES string of the molecule is NCCc1ccc(N)cc1.c1ccc(C2CO2)cc1. The van der Waals surface area contributed by atoms with E-state index in [0.29, 0.717) is 12.6 Å². The topological polar surface area (TPSA) is 64.6 Å². The molecule has 0 aromatic heterocycles. The van der Waals surface area contributed by atoms with Crippen molar-refractivity contribution in [3.05, 3.63) is 65.7 Å². The van der Waals surface area contributed by atoms with Crippen LogP contribution in [-0.2, 0) is 11.2 Å². The van der Waals surface area contributed by atoms with Crippen molar-refractivity contribution < 1.29 is 4.74 Å². The van der Waals surface area contributed by atoms with Gasteiger partial charge in [-0.25, -0.2) is 0 Å². The maximum absolute atomic E-state index is 5.49. The molecule has 4 N–H and O–H groups in total. The molecule has 0 radical (unpaired) electrons. The molecule has 19 heavy (non-hydrogen) atoms. The van der Waals surface area contributed by atoms with E-state index in [1.165, 1.54) is 11.1 Å². The van der Waals surface area contributed by atoms with E-state index in [1.807, 2.05) is 42.5 Å². The number of anilines is 1. The summed E-state index contributed by atoms with van der Waals surface area (Å²) in [7, 11) is 0. The van der Waals surface area contributed by atoms with Crippen molar-refractivity contribution in [3.63, 3.8) is 0 Å². The second kappa shape index (κ2) is 6.92. The summed E-state index contributed by atoms with van der Waals surface area (Å²) in [6, 6.07) is 18.1. The van der Waals surface area contributed by atoms with Gasteiger partial charge in [0.05, 0.1) is 6.61 Å². The highest BCUT2D eigenvalue weighted by molar-refractivity contribution is 5.39. The van der Waals surface area contributed by atoms with Crippen LogP contribution in [0.25, 0.3) is 0 Å². The molecule has 100 valence electrons. The van der Waals surface area contributed by atoms with Crippen LogP contribution in [0.1, 0.15) is 17.2 Å². The zero-order valence-corrected chi connectivity index (χ0v) is 11.0. The smallest absolute Gasteiger partial charge is 0.106 e. The van der Waals surface area contributed by atoms with E-state index in [9.17, 15) is 0 Å². The first kappa shape index (κ1) is 13.6. The molecule has 1 atom stereocenters. The largest absolute Gasteiger partial charge is 0.399 e. The number of nitrogens with two attached hydrogens (primary N) is 2. The van der Waals surface area contributed by atoms with Crippen LogP contribution in [0.2, 0.25) is 0 Å². The van der Waals surface area contributed by atoms with Gasteiger partial charge in [0.15, 0.2) is 0 Å². The molecule has 3 rings (SSSR count). The van der Waals surface area contributed by atoms with Crippen molar-refractivity contribution >= 4 is 5.69 Å². The van der Waals surface area contributed by atoms with Gasteiger partial charge in [-0.2, -0.15) is 0 Å². The highest BCUT2D eigenvalue weighted by Crippen LogP contribution is 2.28. The molecule has 2 aromatic carbocycles. The average molecular weight is 256 g/mol. The fourth-order valence-corrected chi connectivity index (χ4v) is 1.76. The number of hydrogen-bond donors (Lipinski definition) is 2. The van der Waals surface area contributed by atoms with Gasteiger partial charge in [-0.3, -0.25) is 0 Å². The summed E-state index contributed by atoms with van der Waals surface area (Å²) in [6.07, 6.45) is 1.34. The summed E-state index contributed by atoms with van der Waals surface area (Å²) < 4.78 is 5.09. The molecule has 1 aliphatic heterocycles. The summed E-state index contributed by atoms with van der Waals surface area (Å²) in [6.45, 7) is 1.61. The van der Waals surface area contributed by atoms with Gasteiger partial charge < -0.3 is 16.2 Å². The van der Waals surface area contributed by atoms with Gasteiger partial charge in [0, 0.05) is 5.69 Å². The highest BCUT2D eigenvalue weighted by atomic mass is 16.6. The van der Waals surface area contributed by atoms with Gasteiger partial charge in [-0.1, -0.05) is 42.5 Å². The molecule has 3 nitrogen and oxygen atoms in total. The number of nitrogen functional groups attached to an aromatic ring is 1. The van der Waals surface area contributed by atoms with Crippen LogP contribution in [0.5, 0.6) is 0 Å². The van der Waals surface area contributed by atoms with E-state index >= 15 is 0 Å². The maximum Gasteiger partial charge on any atom is 0.106 e. The van der Waals surface area contributed by atoms with E-state index < -0.39 is 0 Å². The first-order valence-electron chi connectivity index (χ1n) is 6.50. The minimum Gasteiger partial charge on any atom is -0.399 e. The standard InChI is InChI=1S/C8H12N2.C8H8O/c9-6-5-7-1-3-8(10)4-2-7;1-2-4-7(5-3-1)8-6-9-8/h1-4H,5-6,9-10H2;1-5,8H,6H2. The lowest BCUT2D eigenvalue weighted by molar-refractivity contribution is 0.415. The Balaban J connectivity index is 0.000000141. The highest BCUT2D eigenvalue weighted by Gasteiger charge is 2.23. The van der Waals surface area contributed by atoms with Gasteiger partial charge >= 0.3 is 0 Å². The molecule has 1 heterocycles. The van der Waals surface area contributed by atoms with Gasteiger partial charge in [0.1, 0.15) is 6.10 Å². The molecular weight excluding hydrogens is 236 g/mol. The summed E-state index contributed by atoms with van der Waals surface area (Å²) >= 11 is 0. The molecule has 0 spiro atoms. The Morgan fingerprint density at radius 2 is 1.63 bits per heavy atom. The van der Waals surface area contributed by atoms with Crippen molar-refractivity contribution in [1.82, 2.24) is 0 Å². The van der Waals surface area contributed by atoms with E-state index in [2.05, 4.69) is 12.1 Å². The monoisotopic (exact) mass is 256 g/mol. The summed E-state index contributed by atoms with van der Waals surface area (Å²) in [5.41, 5.74) is 14.2. The fourth-order valence-electron chi connectivity index (χ4n) is 1.76. The summed E-state index contributed by atoms with van der Waals surface area (Å²) in [5.74, 6) is 0. The lowest BCUT2D eigenvalue weighted by Gasteiger charge is -1.97. The third-order valence-electron chi connectivity index (χ3n) is 2.92. The normalized spacial score (nSPS) is 16.4. The van der Waals surface area contributed by atoms with Crippen LogP contribution in [0.4, 0.5) is 5.69 Å². The van der Waals surface area contributed by atoms with Crippen LogP contribution in [0.15, 0.2) is 54.6 Å². The average Bonchev–Trinajstić information content (AvgIpc) is 3.28. The van der Waals surface area contributed by atoms with Crippen LogP contribution in [0.3, 0.4) is 0 Å². The maximum atomic E-state index is 5.49. The van der Waals surface area contributed by atoms with Crippen molar-refractivity contribution in [3.8, 4) is 0 Å². The predicted molar refractivity (Wildman–Crippen MR) is 78.7 cm³/mol. The minimum atomic E-state index is 0.409. The molecule has 1 unspecified atom stereocenters. The van der Waals surface area contributed by atoms with E-state index in [1.54, 1.807) is 0 Å². The molecule has 1 fully saturated rings. The Hall–Kier alpha value is -1.84. The molecule has 0 aliphatic carbocycles. The van der Waals surface area contributed by atoms with Gasteiger partial charge in [0.25, 0.3) is 0 Å². The zero-order valence-electron chi connectivity index (χ0n) is 11.0. The van der Waals surface area contributed by atoms with Crippen molar-refractivity contribution in [1.29, 1.82) is 0 Å². The Morgan fingerprint density at radius 1 is 1.00 bits per heavy atom. The zero-order chi connectivity index (χ0) is 13.5. The number of epoxide rings is 1. The molecule has 0 amide bonds. The molecule has 0 saturated carbocycles. The molecule has 1 aliphatic rings. The van der Waals surface area contributed by atoms with E-state index in [-0.39, 0.29) is 0 Å². The number of hydrogen-bond acceptors (Lipinski definition) is 3. The van der Waals surface area contributed by atoms with Gasteiger partial charge in [-0.15, -0.1) is 0 Å². The Bertz CT molecular complexity index is 478.